The van der Waals surface area contributed by atoms with Crippen molar-refractivity contribution in [3.63, 3.8) is 0 Å². The summed E-state index contributed by atoms with van der Waals surface area (Å²) in [5.41, 5.74) is 2.22. The molecule has 2 heterocycles. The standard InChI is InChI=1S/C13H9BrClN3OS/c1-20(19)11-5-3-2-4-8(11)10-7-18-13(16-10)9(14)6-12(15)17-18/h2-7H,1H3. The van der Waals surface area contributed by atoms with Crippen LogP contribution in [0.25, 0.3) is 16.9 Å². The second-order valence-electron chi connectivity index (χ2n) is 4.16. The molecule has 20 heavy (non-hydrogen) atoms. The van der Waals surface area contributed by atoms with Crippen LogP contribution in [0.5, 0.6) is 0 Å². The Balaban J connectivity index is 2.26. The van der Waals surface area contributed by atoms with E-state index in [9.17, 15) is 4.21 Å². The summed E-state index contributed by atoms with van der Waals surface area (Å²) in [5.74, 6) is 0. The second kappa shape index (κ2) is 5.27. The molecule has 0 N–H and O–H groups in total. The fraction of sp³-hybridized carbons (Fsp3) is 0.0769. The number of rotatable bonds is 2. The lowest BCUT2D eigenvalue weighted by Gasteiger charge is -2.02. The van der Waals surface area contributed by atoms with E-state index in [0.717, 1.165) is 14.9 Å². The normalized spacial score (nSPS) is 12.8. The van der Waals surface area contributed by atoms with Gasteiger partial charge in [-0.05, 0) is 28.1 Å². The summed E-state index contributed by atoms with van der Waals surface area (Å²) in [6, 6.07) is 9.18. The summed E-state index contributed by atoms with van der Waals surface area (Å²) >= 11 is 9.34. The first-order chi connectivity index (χ1) is 9.56. The molecule has 4 nitrogen and oxygen atoms in total. The fourth-order valence-corrected chi connectivity index (χ4v) is 3.53. The van der Waals surface area contributed by atoms with Crippen LogP contribution in [0.1, 0.15) is 0 Å². The lowest BCUT2D eigenvalue weighted by Crippen LogP contribution is -1.91. The highest BCUT2D eigenvalue weighted by molar-refractivity contribution is 9.10. The molecule has 0 aliphatic carbocycles. The molecule has 1 unspecified atom stereocenters. The van der Waals surface area contributed by atoms with Crippen molar-refractivity contribution in [1.82, 2.24) is 14.6 Å². The third-order valence-electron chi connectivity index (χ3n) is 2.82. The van der Waals surface area contributed by atoms with E-state index < -0.39 is 10.8 Å². The zero-order valence-corrected chi connectivity index (χ0v) is 13.5. The molecule has 1 atom stereocenters. The van der Waals surface area contributed by atoms with Gasteiger partial charge in [-0.3, -0.25) is 4.21 Å². The molecule has 3 aromatic rings. The topological polar surface area (TPSA) is 47.3 Å². The Kier molecular flexibility index (Phi) is 3.62. The van der Waals surface area contributed by atoms with E-state index in [-0.39, 0.29) is 0 Å². The summed E-state index contributed by atoms with van der Waals surface area (Å²) in [6.45, 7) is 0. The van der Waals surface area contributed by atoms with Gasteiger partial charge >= 0.3 is 0 Å². The van der Waals surface area contributed by atoms with E-state index in [1.54, 1.807) is 23.0 Å². The maximum Gasteiger partial charge on any atom is 0.168 e. The van der Waals surface area contributed by atoms with Gasteiger partial charge in [0.25, 0.3) is 0 Å². The van der Waals surface area contributed by atoms with Gasteiger partial charge < -0.3 is 0 Å². The Morgan fingerprint density at radius 3 is 2.85 bits per heavy atom. The van der Waals surface area contributed by atoms with Crippen molar-refractivity contribution in [2.45, 2.75) is 4.90 Å². The predicted octanol–water partition coefficient (Wildman–Crippen LogP) is 3.55. The van der Waals surface area contributed by atoms with Crippen molar-refractivity contribution in [3.05, 3.63) is 46.2 Å². The van der Waals surface area contributed by atoms with Gasteiger partial charge in [0, 0.05) is 16.7 Å². The highest BCUT2D eigenvalue weighted by Crippen LogP contribution is 2.28. The first-order valence-electron chi connectivity index (χ1n) is 5.70. The molecule has 0 fully saturated rings. The molecule has 3 rings (SSSR count). The summed E-state index contributed by atoms with van der Waals surface area (Å²) in [6.07, 6.45) is 3.43. The number of fused-ring (bicyclic) bond motifs is 1. The summed E-state index contributed by atoms with van der Waals surface area (Å²) in [5, 5.41) is 4.55. The van der Waals surface area contributed by atoms with Gasteiger partial charge in [-0.2, -0.15) is 5.10 Å². The Hall–Kier alpha value is -1.24. The van der Waals surface area contributed by atoms with Crippen LogP contribution in [-0.4, -0.2) is 25.1 Å². The number of halogens is 2. The maximum absolute atomic E-state index is 11.8. The van der Waals surface area contributed by atoms with Gasteiger partial charge in [-0.1, -0.05) is 29.8 Å². The van der Waals surface area contributed by atoms with Crippen LogP contribution in [-0.2, 0) is 10.8 Å². The van der Waals surface area contributed by atoms with Crippen molar-refractivity contribution in [2.75, 3.05) is 6.26 Å². The van der Waals surface area contributed by atoms with Gasteiger partial charge in [-0.15, -0.1) is 0 Å². The molecule has 0 aliphatic rings. The van der Waals surface area contributed by atoms with Crippen LogP contribution in [0, 0.1) is 0 Å². The van der Waals surface area contributed by atoms with Crippen LogP contribution in [0.2, 0.25) is 5.15 Å². The van der Waals surface area contributed by atoms with Crippen molar-refractivity contribution in [1.29, 1.82) is 0 Å². The van der Waals surface area contributed by atoms with Crippen molar-refractivity contribution in [2.24, 2.45) is 0 Å². The Morgan fingerprint density at radius 2 is 2.10 bits per heavy atom. The number of nitrogens with zero attached hydrogens (tertiary/aromatic N) is 3. The molecule has 0 saturated carbocycles. The minimum atomic E-state index is -1.08. The number of hydrogen-bond acceptors (Lipinski definition) is 3. The van der Waals surface area contributed by atoms with Gasteiger partial charge in [0.15, 0.2) is 10.8 Å². The minimum Gasteiger partial charge on any atom is -0.255 e. The quantitative estimate of drug-likeness (QED) is 0.693. The molecular weight excluding hydrogens is 362 g/mol. The molecule has 0 amide bonds. The smallest absolute Gasteiger partial charge is 0.168 e. The largest absolute Gasteiger partial charge is 0.255 e. The fourth-order valence-electron chi connectivity index (χ4n) is 1.97. The second-order valence-corrected chi connectivity index (χ2v) is 6.75. The van der Waals surface area contributed by atoms with Crippen LogP contribution in [0.3, 0.4) is 0 Å². The molecule has 0 aliphatic heterocycles. The average molecular weight is 371 g/mol. The Labute approximate surface area is 131 Å². The minimum absolute atomic E-state index is 0.376. The molecule has 0 saturated heterocycles. The molecule has 102 valence electrons. The predicted molar refractivity (Wildman–Crippen MR) is 83.5 cm³/mol. The summed E-state index contributed by atoms with van der Waals surface area (Å²) in [4.78, 5) is 5.28. The van der Waals surface area contributed by atoms with Gasteiger partial charge in [0.2, 0.25) is 0 Å². The maximum atomic E-state index is 11.8. The monoisotopic (exact) mass is 369 g/mol. The SMILES string of the molecule is CS(=O)c1ccccc1-c1cn2nc(Cl)cc(Br)c2n1. The number of hydrogen-bond donors (Lipinski definition) is 0. The molecule has 0 bridgehead atoms. The van der Waals surface area contributed by atoms with Crippen molar-refractivity contribution >= 4 is 44.0 Å². The van der Waals surface area contributed by atoms with E-state index in [0.29, 0.717) is 16.5 Å². The zero-order chi connectivity index (χ0) is 14.3. The third-order valence-corrected chi connectivity index (χ3v) is 4.57. The Bertz CT molecular complexity index is 834. The van der Waals surface area contributed by atoms with Gasteiger partial charge in [0.05, 0.1) is 27.2 Å². The zero-order valence-electron chi connectivity index (χ0n) is 10.4. The molecule has 0 radical (unpaired) electrons. The molecular formula is C13H9BrClN3OS. The van der Waals surface area contributed by atoms with E-state index >= 15 is 0 Å². The first-order valence-corrected chi connectivity index (χ1v) is 8.43. The van der Waals surface area contributed by atoms with Crippen LogP contribution < -0.4 is 0 Å². The molecule has 2 aromatic heterocycles. The highest BCUT2D eigenvalue weighted by atomic mass is 79.9. The van der Waals surface area contributed by atoms with Crippen molar-refractivity contribution < 1.29 is 4.21 Å². The van der Waals surface area contributed by atoms with Crippen LogP contribution >= 0.6 is 27.5 Å². The van der Waals surface area contributed by atoms with E-state index in [1.807, 2.05) is 24.3 Å². The molecule has 0 spiro atoms. The average Bonchev–Trinajstić information content (AvgIpc) is 2.82. The van der Waals surface area contributed by atoms with E-state index in [2.05, 4.69) is 26.0 Å². The number of aromatic nitrogens is 3. The lowest BCUT2D eigenvalue weighted by molar-refractivity contribution is 0.687. The Morgan fingerprint density at radius 1 is 1.35 bits per heavy atom. The number of imidazole rings is 1. The summed E-state index contributed by atoms with van der Waals surface area (Å²) in [7, 11) is -1.08. The van der Waals surface area contributed by atoms with E-state index in [1.165, 1.54) is 0 Å². The molecule has 1 aromatic carbocycles. The summed E-state index contributed by atoms with van der Waals surface area (Å²) < 4.78 is 14.2. The number of benzene rings is 1. The molecule has 7 heteroatoms. The first kappa shape index (κ1) is 13.7. The lowest BCUT2D eigenvalue weighted by atomic mass is 10.2. The third kappa shape index (κ3) is 2.39. The highest BCUT2D eigenvalue weighted by Gasteiger charge is 2.13. The van der Waals surface area contributed by atoms with Gasteiger partial charge in [0.1, 0.15) is 0 Å². The van der Waals surface area contributed by atoms with Crippen LogP contribution in [0.4, 0.5) is 0 Å². The van der Waals surface area contributed by atoms with E-state index in [4.69, 9.17) is 11.6 Å². The van der Waals surface area contributed by atoms with Crippen LogP contribution in [0.15, 0.2) is 45.9 Å². The van der Waals surface area contributed by atoms with Gasteiger partial charge in [-0.25, -0.2) is 9.50 Å². The van der Waals surface area contributed by atoms with Crippen molar-refractivity contribution in [3.8, 4) is 11.3 Å².